The molecule has 0 saturated carbocycles. The molecule has 1 aromatic carbocycles. The molecule has 1 unspecified atom stereocenters. The van der Waals surface area contributed by atoms with E-state index in [1.165, 1.54) is 0 Å². The first-order valence-electron chi connectivity index (χ1n) is 4.50. The SMILES string of the molecule is CC=C(C)C(C)(O)c1ccccc1. The lowest BCUT2D eigenvalue weighted by atomic mass is 9.89. The summed E-state index contributed by atoms with van der Waals surface area (Å²) in [6, 6.07) is 9.70. The van der Waals surface area contributed by atoms with Gasteiger partial charge in [0.2, 0.25) is 0 Å². The fourth-order valence-electron chi connectivity index (χ4n) is 1.27. The lowest BCUT2D eigenvalue weighted by Gasteiger charge is -2.24. The highest BCUT2D eigenvalue weighted by Crippen LogP contribution is 2.27. The number of hydrogen-bond donors (Lipinski definition) is 1. The lowest BCUT2D eigenvalue weighted by molar-refractivity contribution is 0.0973. The smallest absolute Gasteiger partial charge is 0.108 e. The maximum atomic E-state index is 10.2. The maximum absolute atomic E-state index is 10.2. The van der Waals surface area contributed by atoms with E-state index in [1.807, 2.05) is 57.2 Å². The summed E-state index contributed by atoms with van der Waals surface area (Å²) in [5.74, 6) is 0. The van der Waals surface area contributed by atoms with E-state index < -0.39 is 5.60 Å². The summed E-state index contributed by atoms with van der Waals surface area (Å²) in [6.45, 7) is 5.69. The summed E-state index contributed by atoms with van der Waals surface area (Å²) in [4.78, 5) is 0. The van der Waals surface area contributed by atoms with E-state index in [0.717, 1.165) is 11.1 Å². The third-order valence-electron chi connectivity index (χ3n) is 2.54. The van der Waals surface area contributed by atoms with Crippen LogP contribution >= 0.6 is 0 Å². The second-order valence-electron chi connectivity index (χ2n) is 3.41. The summed E-state index contributed by atoms with van der Waals surface area (Å²) in [5.41, 5.74) is 1.07. The summed E-state index contributed by atoms with van der Waals surface area (Å²) in [6.07, 6.45) is 1.94. The van der Waals surface area contributed by atoms with Gasteiger partial charge in [-0.25, -0.2) is 0 Å². The largest absolute Gasteiger partial charge is 0.381 e. The van der Waals surface area contributed by atoms with Crippen LogP contribution in [0, 0.1) is 0 Å². The standard InChI is InChI=1S/C12H16O/c1-4-10(2)12(3,13)11-8-6-5-7-9-11/h4-9,13H,1-3H3. The molecule has 0 aliphatic carbocycles. The Morgan fingerprint density at radius 2 is 1.85 bits per heavy atom. The molecule has 0 aliphatic heterocycles. The van der Waals surface area contributed by atoms with Crippen LogP contribution in [0.2, 0.25) is 0 Å². The van der Waals surface area contributed by atoms with Crippen molar-refractivity contribution in [2.75, 3.05) is 0 Å². The summed E-state index contributed by atoms with van der Waals surface area (Å²) < 4.78 is 0. The molecular formula is C12H16O. The van der Waals surface area contributed by atoms with Gasteiger partial charge in [0.25, 0.3) is 0 Å². The first kappa shape index (κ1) is 10.0. The van der Waals surface area contributed by atoms with E-state index >= 15 is 0 Å². The van der Waals surface area contributed by atoms with Crippen LogP contribution in [0.4, 0.5) is 0 Å². The number of allylic oxidation sites excluding steroid dienone is 1. The van der Waals surface area contributed by atoms with Gasteiger partial charge in [0.15, 0.2) is 0 Å². The normalized spacial score (nSPS) is 16.8. The Kier molecular flexibility index (Phi) is 2.89. The van der Waals surface area contributed by atoms with Crippen LogP contribution < -0.4 is 0 Å². The summed E-state index contributed by atoms with van der Waals surface area (Å²) in [7, 11) is 0. The van der Waals surface area contributed by atoms with E-state index in [0.29, 0.717) is 0 Å². The van der Waals surface area contributed by atoms with Crippen LogP contribution in [0.1, 0.15) is 26.3 Å². The molecule has 0 saturated heterocycles. The Morgan fingerprint density at radius 1 is 1.31 bits per heavy atom. The van der Waals surface area contributed by atoms with Gasteiger partial charge in [0.05, 0.1) is 0 Å². The minimum atomic E-state index is -0.837. The Hall–Kier alpha value is -1.08. The topological polar surface area (TPSA) is 20.2 Å². The first-order valence-corrected chi connectivity index (χ1v) is 4.50. The van der Waals surface area contributed by atoms with Crippen LogP contribution in [-0.2, 0) is 5.60 Å². The summed E-state index contributed by atoms with van der Waals surface area (Å²) >= 11 is 0. The number of hydrogen-bond acceptors (Lipinski definition) is 1. The lowest BCUT2D eigenvalue weighted by Crippen LogP contribution is -2.22. The van der Waals surface area contributed by atoms with Gasteiger partial charge in [-0.05, 0) is 31.9 Å². The molecule has 0 aromatic heterocycles. The summed E-state index contributed by atoms with van der Waals surface area (Å²) in [5, 5.41) is 10.2. The fraction of sp³-hybridized carbons (Fsp3) is 0.333. The van der Waals surface area contributed by atoms with Crippen molar-refractivity contribution in [1.29, 1.82) is 0 Å². The van der Waals surface area contributed by atoms with E-state index in [9.17, 15) is 5.11 Å². The molecule has 1 rings (SSSR count). The van der Waals surface area contributed by atoms with Crippen molar-refractivity contribution in [3.05, 3.63) is 47.5 Å². The van der Waals surface area contributed by atoms with Gasteiger partial charge in [0.1, 0.15) is 5.60 Å². The van der Waals surface area contributed by atoms with E-state index in [1.54, 1.807) is 0 Å². The molecule has 0 heterocycles. The Bertz CT molecular complexity index is 296. The Labute approximate surface area is 79.7 Å². The molecule has 1 atom stereocenters. The van der Waals surface area contributed by atoms with E-state index in [-0.39, 0.29) is 0 Å². The van der Waals surface area contributed by atoms with Crippen molar-refractivity contribution in [2.45, 2.75) is 26.4 Å². The van der Waals surface area contributed by atoms with Gasteiger partial charge >= 0.3 is 0 Å². The van der Waals surface area contributed by atoms with Gasteiger partial charge in [-0.2, -0.15) is 0 Å². The quantitative estimate of drug-likeness (QED) is 0.687. The maximum Gasteiger partial charge on any atom is 0.108 e. The van der Waals surface area contributed by atoms with Crippen molar-refractivity contribution in [1.82, 2.24) is 0 Å². The average molecular weight is 176 g/mol. The fourth-order valence-corrected chi connectivity index (χ4v) is 1.27. The molecule has 0 aliphatic rings. The van der Waals surface area contributed by atoms with Gasteiger partial charge < -0.3 is 5.11 Å². The van der Waals surface area contributed by atoms with Crippen molar-refractivity contribution >= 4 is 0 Å². The average Bonchev–Trinajstić information content (AvgIpc) is 2.18. The Balaban J connectivity index is 3.08. The van der Waals surface area contributed by atoms with E-state index in [2.05, 4.69) is 0 Å². The molecule has 0 amide bonds. The molecule has 13 heavy (non-hydrogen) atoms. The highest BCUT2D eigenvalue weighted by atomic mass is 16.3. The van der Waals surface area contributed by atoms with Crippen LogP contribution in [0.25, 0.3) is 0 Å². The number of benzene rings is 1. The van der Waals surface area contributed by atoms with Crippen molar-refractivity contribution in [3.8, 4) is 0 Å². The zero-order valence-corrected chi connectivity index (χ0v) is 8.41. The number of rotatable bonds is 2. The van der Waals surface area contributed by atoms with Crippen molar-refractivity contribution in [3.63, 3.8) is 0 Å². The van der Waals surface area contributed by atoms with Crippen LogP contribution in [0.5, 0.6) is 0 Å². The van der Waals surface area contributed by atoms with Crippen molar-refractivity contribution in [2.24, 2.45) is 0 Å². The van der Waals surface area contributed by atoms with Crippen LogP contribution in [0.15, 0.2) is 42.0 Å². The monoisotopic (exact) mass is 176 g/mol. The van der Waals surface area contributed by atoms with Gasteiger partial charge in [-0.3, -0.25) is 0 Å². The molecule has 0 bridgehead atoms. The highest BCUT2D eigenvalue weighted by Gasteiger charge is 2.23. The molecule has 1 aromatic rings. The minimum absolute atomic E-state index is 0.837. The Morgan fingerprint density at radius 3 is 2.31 bits per heavy atom. The zero-order chi connectivity index (χ0) is 9.90. The van der Waals surface area contributed by atoms with E-state index in [4.69, 9.17) is 0 Å². The molecule has 0 fully saturated rings. The first-order chi connectivity index (χ1) is 6.09. The number of aliphatic hydroxyl groups is 1. The molecule has 1 nitrogen and oxygen atoms in total. The minimum Gasteiger partial charge on any atom is -0.381 e. The van der Waals surface area contributed by atoms with Gasteiger partial charge in [0, 0.05) is 0 Å². The second-order valence-corrected chi connectivity index (χ2v) is 3.41. The molecule has 0 radical (unpaired) electrons. The molecule has 70 valence electrons. The predicted molar refractivity (Wildman–Crippen MR) is 55.4 cm³/mol. The molecule has 0 spiro atoms. The van der Waals surface area contributed by atoms with Gasteiger partial charge in [-0.1, -0.05) is 36.4 Å². The molecule has 1 N–H and O–H groups in total. The molecular weight excluding hydrogens is 160 g/mol. The third-order valence-corrected chi connectivity index (χ3v) is 2.54. The van der Waals surface area contributed by atoms with Crippen LogP contribution in [0.3, 0.4) is 0 Å². The zero-order valence-electron chi connectivity index (χ0n) is 8.41. The van der Waals surface area contributed by atoms with Gasteiger partial charge in [-0.15, -0.1) is 0 Å². The highest BCUT2D eigenvalue weighted by molar-refractivity contribution is 5.30. The third kappa shape index (κ3) is 1.99. The van der Waals surface area contributed by atoms with Crippen molar-refractivity contribution < 1.29 is 5.11 Å². The second kappa shape index (κ2) is 3.75. The molecule has 1 heteroatoms. The van der Waals surface area contributed by atoms with Crippen LogP contribution in [-0.4, -0.2) is 5.11 Å². The predicted octanol–water partition coefficient (Wildman–Crippen LogP) is 2.86.